The molecule has 0 fully saturated rings. The lowest BCUT2D eigenvalue weighted by atomic mass is 10.2. The first-order chi connectivity index (χ1) is 12.5. The minimum atomic E-state index is -3.76. The number of nitrogens with zero attached hydrogens (tertiary/aromatic N) is 1. The maximum Gasteiger partial charge on any atom is 0.321 e. The Hall–Kier alpha value is -2.74. The van der Waals surface area contributed by atoms with Crippen LogP contribution in [0.25, 0.3) is 0 Å². The molecule has 138 valence electrons. The topological polar surface area (TPSA) is 87.7 Å². The molecule has 2 N–H and O–H groups in total. The number of hydrogen-bond donors (Lipinski definition) is 2. The van der Waals surface area contributed by atoms with Crippen molar-refractivity contribution in [1.82, 2.24) is 5.32 Å². The number of carbonyl (C=O) groups is 1. The van der Waals surface area contributed by atoms with Crippen molar-refractivity contribution in [1.29, 1.82) is 0 Å². The van der Waals surface area contributed by atoms with Gasteiger partial charge in [0.25, 0.3) is 10.0 Å². The highest BCUT2D eigenvalue weighted by Gasteiger charge is 2.26. The third kappa shape index (κ3) is 3.45. The normalized spacial score (nSPS) is 13.2. The van der Waals surface area contributed by atoms with Crippen LogP contribution in [-0.2, 0) is 16.4 Å². The van der Waals surface area contributed by atoms with Crippen molar-refractivity contribution in [2.75, 3.05) is 29.8 Å². The predicted octanol–water partition coefficient (Wildman–Crippen LogP) is 2.59. The molecule has 26 heavy (non-hydrogen) atoms. The monoisotopic (exact) mass is 375 g/mol. The van der Waals surface area contributed by atoms with Gasteiger partial charge in [0.2, 0.25) is 0 Å². The number of urea groups is 1. The van der Waals surface area contributed by atoms with Gasteiger partial charge in [-0.05, 0) is 49.2 Å². The van der Waals surface area contributed by atoms with Gasteiger partial charge in [-0.3, -0.25) is 9.62 Å². The van der Waals surface area contributed by atoms with Crippen LogP contribution in [-0.4, -0.2) is 34.6 Å². The van der Waals surface area contributed by atoms with Crippen molar-refractivity contribution in [3.63, 3.8) is 0 Å². The van der Waals surface area contributed by atoms with E-state index in [1.165, 1.54) is 13.2 Å². The summed E-state index contributed by atoms with van der Waals surface area (Å²) in [5, 5.41) is 2.76. The van der Waals surface area contributed by atoms with E-state index in [0.717, 1.165) is 11.3 Å². The fourth-order valence-corrected chi connectivity index (χ4v) is 4.06. The molecule has 2 amide bonds. The average molecular weight is 375 g/mol. The number of sulfonamides is 1. The highest BCUT2D eigenvalue weighted by molar-refractivity contribution is 7.92. The Morgan fingerprint density at radius 1 is 1.23 bits per heavy atom. The summed E-state index contributed by atoms with van der Waals surface area (Å²) in [4.78, 5) is 13.9. The predicted molar refractivity (Wildman–Crippen MR) is 100 cm³/mol. The summed E-state index contributed by atoms with van der Waals surface area (Å²) in [7, 11) is -2.28. The number of methoxy groups -OCH3 is 1. The van der Waals surface area contributed by atoms with Gasteiger partial charge in [0.15, 0.2) is 0 Å². The van der Waals surface area contributed by atoms with E-state index in [0.29, 0.717) is 30.9 Å². The van der Waals surface area contributed by atoms with E-state index in [1.54, 1.807) is 41.3 Å². The first-order valence-electron chi connectivity index (χ1n) is 8.30. The number of hydrogen-bond acceptors (Lipinski definition) is 4. The van der Waals surface area contributed by atoms with Crippen LogP contribution in [0.3, 0.4) is 0 Å². The summed E-state index contributed by atoms with van der Waals surface area (Å²) >= 11 is 0. The Balaban J connectivity index is 1.87. The number of fused-ring (bicyclic) bond motifs is 1. The molecule has 8 heteroatoms. The summed E-state index contributed by atoms with van der Waals surface area (Å²) in [6, 6.07) is 11.4. The molecule has 1 aliphatic heterocycles. The number of para-hydroxylation sites is 2. The largest absolute Gasteiger partial charge is 0.495 e. The second-order valence-corrected chi connectivity index (χ2v) is 7.52. The Bertz CT molecular complexity index is 928. The lowest BCUT2D eigenvalue weighted by molar-refractivity contribution is 0.247. The molecular weight excluding hydrogens is 354 g/mol. The van der Waals surface area contributed by atoms with Crippen molar-refractivity contribution in [2.24, 2.45) is 0 Å². The smallest absolute Gasteiger partial charge is 0.321 e. The molecule has 0 unspecified atom stereocenters. The van der Waals surface area contributed by atoms with Crippen LogP contribution in [0.4, 0.5) is 16.2 Å². The first kappa shape index (κ1) is 18.1. The van der Waals surface area contributed by atoms with Gasteiger partial charge < -0.3 is 10.1 Å². The number of amides is 2. The van der Waals surface area contributed by atoms with Crippen molar-refractivity contribution >= 4 is 27.4 Å². The van der Waals surface area contributed by atoms with E-state index in [1.807, 2.05) is 6.92 Å². The maximum atomic E-state index is 12.7. The van der Waals surface area contributed by atoms with Crippen molar-refractivity contribution in [3.8, 4) is 5.75 Å². The summed E-state index contributed by atoms with van der Waals surface area (Å²) in [5.41, 5.74) is 1.95. The molecule has 0 atom stereocenters. The lowest BCUT2D eigenvalue weighted by Gasteiger charge is -2.18. The molecular formula is C18H21N3O4S. The van der Waals surface area contributed by atoms with E-state index in [-0.39, 0.29) is 10.9 Å². The van der Waals surface area contributed by atoms with Crippen molar-refractivity contribution in [3.05, 3.63) is 48.0 Å². The van der Waals surface area contributed by atoms with Gasteiger partial charge in [0, 0.05) is 18.8 Å². The third-order valence-electron chi connectivity index (χ3n) is 4.18. The average Bonchev–Trinajstić information content (AvgIpc) is 3.05. The van der Waals surface area contributed by atoms with Gasteiger partial charge in [-0.15, -0.1) is 0 Å². The van der Waals surface area contributed by atoms with E-state index < -0.39 is 10.0 Å². The maximum absolute atomic E-state index is 12.7. The molecule has 0 bridgehead atoms. The Labute approximate surface area is 153 Å². The van der Waals surface area contributed by atoms with Crippen LogP contribution >= 0.6 is 0 Å². The molecule has 1 aliphatic rings. The summed E-state index contributed by atoms with van der Waals surface area (Å²) in [6.45, 7) is 2.93. The third-order valence-corrected chi connectivity index (χ3v) is 5.54. The van der Waals surface area contributed by atoms with Crippen LogP contribution in [0.15, 0.2) is 47.4 Å². The van der Waals surface area contributed by atoms with Gasteiger partial charge in [-0.2, -0.15) is 0 Å². The minimum Gasteiger partial charge on any atom is -0.495 e. The quantitative estimate of drug-likeness (QED) is 0.841. The second kappa shape index (κ2) is 7.25. The standard InChI is InChI=1S/C18H21N3O4S/c1-3-19-18(22)21-11-10-13-12-14(8-9-16(13)21)26(23,24)20-15-6-4-5-7-17(15)25-2/h4-9,12,20H,3,10-11H2,1-2H3,(H,19,22). The van der Waals surface area contributed by atoms with Crippen LogP contribution in [0.1, 0.15) is 12.5 Å². The number of anilines is 2. The molecule has 1 heterocycles. The Morgan fingerprint density at radius 3 is 2.73 bits per heavy atom. The van der Waals surface area contributed by atoms with Crippen LogP contribution in [0.5, 0.6) is 5.75 Å². The zero-order valence-electron chi connectivity index (χ0n) is 14.7. The molecule has 0 radical (unpaired) electrons. The molecule has 0 saturated heterocycles. The molecule has 3 rings (SSSR count). The van der Waals surface area contributed by atoms with Gasteiger partial charge in [-0.1, -0.05) is 12.1 Å². The zero-order chi connectivity index (χ0) is 18.7. The van der Waals surface area contributed by atoms with Crippen LogP contribution < -0.4 is 19.7 Å². The highest BCUT2D eigenvalue weighted by atomic mass is 32.2. The van der Waals surface area contributed by atoms with E-state index in [9.17, 15) is 13.2 Å². The molecule has 2 aromatic rings. The fourth-order valence-electron chi connectivity index (χ4n) is 2.94. The highest BCUT2D eigenvalue weighted by Crippen LogP contribution is 2.32. The first-order valence-corrected chi connectivity index (χ1v) is 9.78. The lowest BCUT2D eigenvalue weighted by Crippen LogP contribution is -2.38. The summed E-state index contributed by atoms with van der Waals surface area (Å²) in [5.74, 6) is 0.444. The minimum absolute atomic E-state index is 0.153. The molecule has 7 nitrogen and oxygen atoms in total. The Morgan fingerprint density at radius 2 is 2.00 bits per heavy atom. The van der Waals surface area contributed by atoms with E-state index >= 15 is 0 Å². The summed E-state index contributed by atoms with van der Waals surface area (Å²) < 4.78 is 33.2. The van der Waals surface area contributed by atoms with Crippen molar-refractivity contribution < 1.29 is 17.9 Å². The number of ether oxygens (including phenoxy) is 1. The van der Waals surface area contributed by atoms with Gasteiger partial charge in [0.05, 0.1) is 17.7 Å². The van der Waals surface area contributed by atoms with Gasteiger partial charge in [-0.25, -0.2) is 13.2 Å². The number of benzene rings is 2. The zero-order valence-corrected chi connectivity index (χ0v) is 15.5. The fraction of sp³-hybridized carbons (Fsp3) is 0.278. The van der Waals surface area contributed by atoms with Crippen LogP contribution in [0.2, 0.25) is 0 Å². The van der Waals surface area contributed by atoms with Gasteiger partial charge >= 0.3 is 6.03 Å². The molecule has 0 aliphatic carbocycles. The molecule has 2 aromatic carbocycles. The van der Waals surface area contributed by atoms with E-state index in [2.05, 4.69) is 10.0 Å². The summed E-state index contributed by atoms with van der Waals surface area (Å²) in [6.07, 6.45) is 0.616. The number of rotatable bonds is 5. The van der Waals surface area contributed by atoms with Gasteiger partial charge in [0.1, 0.15) is 5.75 Å². The molecule has 0 aromatic heterocycles. The second-order valence-electron chi connectivity index (χ2n) is 5.83. The Kier molecular flexibility index (Phi) is 5.03. The molecule has 0 saturated carbocycles. The number of nitrogens with one attached hydrogen (secondary N) is 2. The number of carbonyl (C=O) groups excluding carboxylic acids is 1. The molecule has 0 spiro atoms. The SMILES string of the molecule is CCNC(=O)N1CCc2cc(S(=O)(=O)Nc3ccccc3OC)ccc21. The van der Waals surface area contributed by atoms with Crippen LogP contribution in [0, 0.1) is 0 Å². The van der Waals surface area contributed by atoms with Crippen molar-refractivity contribution in [2.45, 2.75) is 18.2 Å². The van der Waals surface area contributed by atoms with E-state index in [4.69, 9.17) is 4.74 Å².